The van der Waals surface area contributed by atoms with Gasteiger partial charge in [-0.3, -0.25) is 60.7 Å². The van der Waals surface area contributed by atoms with Crippen LogP contribution in [0.15, 0.2) is 46.2 Å². The third-order valence-electron chi connectivity index (χ3n) is 13.1. The Labute approximate surface area is 324 Å². The van der Waals surface area contributed by atoms with E-state index in [9.17, 15) is 51.9 Å². The minimum Gasteiger partial charge on any atom is -0.286 e. The Bertz CT molecular complexity index is 2220. The molecule has 9 rings (SSSR count). The second-order valence-electron chi connectivity index (χ2n) is 16.1. The number of rotatable bonds is 4. The molecule has 24 heteroatoms. The molecule has 5 heterocycles. The van der Waals surface area contributed by atoms with Crippen molar-refractivity contribution < 1.29 is 51.9 Å². The van der Waals surface area contributed by atoms with Gasteiger partial charge in [-0.2, -0.15) is 33.7 Å². The second kappa shape index (κ2) is 13.7. The van der Waals surface area contributed by atoms with Crippen LogP contribution in [0.1, 0.15) is 85.4 Å². The first kappa shape index (κ1) is 39.2. The third-order valence-corrected chi connectivity index (χ3v) is 17.3. The number of benzene rings is 2. The first-order valence-electron chi connectivity index (χ1n) is 18.5. The fourth-order valence-electron chi connectivity index (χ4n) is 10.5. The average Bonchev–Trinajstić information content (AvgIpc) is 3.84. The monoisotopic (exact) mass is 860 g/mol. The van der Waals surface area contributed by atoms with Crippen LogP contribution in [0.5, 0.6) is 0 Å². The Morgan fingerprint density at radius 1 is 0.411 bits per heavy atom. The molecule has 0 radical (unpaired) electrons. The summed E-state index contributed by atoms with van der Waals surface area (Å²) < 4.78 is 139. The summed E-state index contributed by atoms with van der Waals surface area (Å²) >= 11 is 0. The predicted octanol–water partition coefficient (Wildman–Crippen LogP) is -0.691. The van der Waals surface area contributed by atoms with E-state index in [0.717, 1.165) is 0 Å². The van der Waals surface area contributed by atoms with E-state index in [4.69, 9.17) is 0 Å². The summed E-state index contributed by atoms with van der Waals surface area (Å²) in [7, 11) is -17.9. The van der Waals surface area contributed by atoms with E-state index in [1.807, 2.05) is 0 Å². The van der Waals surface area contributed by atoms with Crippen LogP contribution in [0, 0.1) is 23.7 Å². The molecule has 3 saturated heterocycles. The van der Waals surface area contributed by atoms with E-state index in [2.05, 4.69) is 42.5 Å². The van der Waals surface area contributed by atoms with Crippen LogP contribution in [0.3, 0.4) is 0 Å². The lowest BCUT2D eigenvalue weighted by Gasteiger charge is -2.36. The van der Waals surface area contributed by atoms with Crippen molar-refractivity contribution in [3.8, 4) is 0 Å². The predicted molar refractivity (Wildman–Crippen MR) is 196 cm³/mol. The fourth-order valence-corrected chi connectivity index (χ4v) is 13.3. The molecule has 14 atom stereocenters. The SMILES string of the molecule is O=S(=O)(O)c1ccc2c(c1)C1NC2NC2NC(NC3NC(NC4NC(N1)C1CCC(S(=O)(=O)O)CC41)c1ccc(S(=O)(=O)O)cc13)C1CCC(S(=O)(=O)O)CC21. The highest BCUT2D eigenvalue weighted by molar-refractivity contribution is 7.87. The Morgan fingerprint density at radius 2 is 0.750 bits per heavy atom. The minimum absolute atomic E-state index is 0.127. The Hall–Kier alpha value is -2.24. The number of fused-ring (bicyclic) bond motifs is 20. The third kappa shape index (κ3) is 7.03. The summed E-state index contributed by atoms with van der Waals surface area (Å²) in [5.41, 5.74) is 2.36. The molecule has 0 amide bonds. The van der Waals surface area contributed by atoms with Crippen molar-refractivity contribution in [2.75, 3.05) is 0 Å². The van der Waals surface area contributed by atoms with Gasteiger partial charge in [0.1, 0.15) is 0 Å². The first-order chi connectivity index (χ1) is 26.2. The zero-order valence-corrected chi connectivity index (χ0v) is 32.7. The van der Waals surface area contributed by atoms with Crippen molar-refractivity contribution in [3.63, 3.8) is 0 Å². The number of hydrogen-bond acceptors (Lipinski definition) is 16. The Balaban J connectivity index is 1.14. The molecule has 7 aliphatic rings. The highest BCUT2D eigenvalue weighted by Crippen LogP contribution is 2.46. The van der Waals surface area contributed by atoms with Crippen LogP contribution < -0.4 is 42.5 Å². The Morgan fingerprint density at radius 3 is 1.09 bits per heavy atom. The molecule has 0 spiro atoms. The molecular weight excluding hydrogens is 817 g/mol. The smallest absolute Gasteiger partial charge is 0.286 e. The molecule has 5 fully saturated rings. The topological polar surface area (TPSA) is 314 Å². The van der Waals surface area contributed by atoms with Gasteiger partial charge in [0.25, 0.3) is 40.5 Å². The summed E-state index contributed by atoms with van der Waals surface area (Å²) in [4.78, 5) is -0.627. The van der Waals surface area contributed by atoms with Gasteiger partial charge in [0.15, 0.2) is 0 Å². The molecule has 14 unspecified atom stereocenters. The van der Waals surface area contributed by atoms with Crippen molar-refractivity contribution >= 4 is 40.5 Å². The van der Waals surface area contributed by atoms with E-state index < -0.39 is 100 Å². The molecule has 5 aliphatic heterocycles. The summed E-state index contributed by atoms with van der Waals surface area (Å²) in [6.07, 6.45) is -3.31. The van der Waals surface area contributed by atoms with Crippen molar-refractivity contribution in [2.45, 2.75) is 108 Å². The summed E-state index contributed by atoms with van der Waals surface area (Å²) in [6.45, 7) is 0. The quantitative estimate of drug-likeness (QED) is 0.169. The van der Waals surface area contributed by atoms with Gasteiger partial charge in [0.05, 0.1) is 69.6 Å². The van der Waals surface area contributed by atoms with Crippen molar-refractivity contribution in [1.82, 2.24) is 42.5 Å². The van der Waals surface area contributed by atoms with Crippen LogP contribution in [0.25, 0.3) is 0 Å². The maximum absolute atomic E-state index is 12.4. The molecule has 12 N–H and O–H groups in total. The molecule has 308 valence electrons. The lowest BCUT2D eigenvalue weighted by Crippen LogP contribution is -2.55. The van der Waals surface area contributed by atoms with Gasteiger partial charge in [0.2, 0.25) is 0 Å². The van der Waals surface area contributed by atoms with Gasteiger partial charge in [-0.15, -0.1) is 0 Å². The lowest BCUT2D eigenvalue weighted by molar-refractivity contribution is 0.184. The molecule has 2 aromatic rings. The van der Waals surface area contributed by atoms with Crippen LogP contribution in [-0.2, 0) is 40.5 Å². The summed E-state index contributed by atoms with van der Waals surface area (Å²) in [5, 5.41) is 26.4. The van der Waals surface area contributed by atoms with Gasteiger partial charge in [-0.05, 0) is 109 Å². The minimum atomic E-state index is -4.59. The van der Waals surface area contributed by atoms with Gasteiger partial charge in [-0.1, -0.05) is 12.1 Å². The largest absolute Gasteiger partial charge is 0.294 e. The maximum atomic E-state index is 12.4. The van der Waals surface area contributed by atoms with E-state index in [1.165, 1.54) is 24.3 Å². The van der Waals surface area contributed by atoms with Gasteiger partial charge < -0.3 is 0 Å². The molecule has 0 aromatic heterocycles. The van der Waals surface area contributed by atoms with Gasteiger partial charge in [-0.25, -0.2) is 0 Å². The molecule has 2 aromatic carbocycles. The molecule has 8 bridgehead atoms. The van der Waals surface area contributed by atoms with Crippen LogP contribution in [0.2, 0.25) is 0 Å². The lowest BCUT2D eigenvalue weighted by atomic mass is 9.78. The van der Waals surface area contributed by atoms with E-state index in [0.29, 0.717) is 35.1 Å². The Kier molecular flexibility index (Phi) is 9.56. The van der Waals surface area contributed by atoms with Gasteiger partial charge >= 0.3 is 0 Å². The van der Waals surface area contributed by atoms with Crippen molar-refractivity contribution in [3.05, 3.63) is 58.7 Å². The van der Waals surface area contributed by atoms with E-state index in [1.54, 1.807) is 12.1 Å². The standard InChI is InChI=1S/C32H44N8O12S4/c41-53(42,43)13-1-5-17-21(9-13)29-33-25(17)37-30-22-10-14(54(44,45)46)2-6-18(22)27(34-30)39-32-24-12-16(56(50,51)52)4-8-20(24)28(36-32)40-31-23-11-15(55(47,48)49)3-7-19(23)26(35-31)38-29/h1,4-5,8-9,12,14-15,18-19,22-23,25-40H,2-3,6-7,10-11H2,(H,41,42,43)(H,44,45,46)(H,47,48,49)(H,50,51,52). The highest BCUT2D eigenvalue weighted by atomic mass is 32.2. The van der Waals surface area contributed by atoms with Crippen molar-refractivity contribution in [2.24, 2.45) is 23.7 Å². The fraction of sp³-hybridized carbons (Fsp3) is 0.625. The van der Waals surface area contributed by atoms with Crippen LogP contribution >= 0.6 is 0 Å². The van der Waals surface area contributed by atoms with Crippen LogP contribution in [-0.4, -0.2) is 87.0 Å². The average molecular weight is 861 g/mol. The van der Waals surface area contributed by atoms with Crippen molar-refractivity contribution in [1.29, 1.82) is 0 Å². The summed E-state index contributed by atoms with van der Waals surface area (Å²) in [6, 6.07) is 8.52. The zero-order chi connectivity index (χ0) is 39.7. The second-order valence-corrected chi connectivity index (χ2v) is 22.3. The van der Waals surface area contributed by atoms with Gasteiger partial charge in [0, 0.05) is 0 Å². The molecule has 20 nitrogen and oxygen atoms in total. The molecule has 56 heavy (non-hydrogen) atoms. The van der Waals surface area contributed by atoms with Crippen LogP contribution in [0.4, 0.5) is 0 Å². The zero-order valence-electron chi connectivity index (χ0n) is 29.5. The first-order valence-corrected chi connectivity index (χ1v) is 24.3. The normalized spacial score (nSPS) is 39.7. The molecule has 2 saturated carbocycles. The highest BCUT2D eigenvalue weighted by Gasteiger charge is 2.53. The summed E-state index contributed by atoms with van der Waals surface area (Å²) in [5.74, 6) is -1.04. The van der Waals surface area contributed by atoms with E-state index >= 15 is 0 Å². The van der Waals surface area contributed by atoms with E-state index in [-0.39, 0.29) is 59.1 Å². The number of nitrogens with one attached hydrogen (secondary N) is 8. The number of hydrogen-bond donors (Lipinski definition) is 12. The molecular formula is C32H44N8O12S4. The molecule has 2 aliphatic carbocycles. The maximum Gasteiger partial charge on any atom is 0.294 e.